The second-order valence-electron chi connectivity index (χ2n) is 0.152. The van der Waals surface area contributed by atoms with E-state index in [1.807, 2.05) is 0 Å². The molecule has 0 heterocycles. The molecule has 0 aliphatic rings. The van der Waals surface area contributed by atoms with Gasteiger partial charge in [-0.2, -0.15) is 9.90 Å². The van der Waals surface area contributed by atoms with Crippen molar-refractivity contribution in [2.24, 2.45) is 0 Å². The van der Waals surface area contributed by atoms with Crippen molar-refractivity contribution in [1.29, 1.82) is 0 Å². The fourth-order valence-corrected chi connectivity index (χ4v) is 0. The Morgan fingerprint density at radius 2 is 1.00 bits per heavy atom. The molecule has 0 nitrogen and oxygen atoms in total. The van der Waals surface area contributed by atoms with E-state index in [1.54, 1.807) is 0 Å². The van der Waals surface area contributed by atoms with Gasteiger partial charge in [-0.3, -0.25) is 0 Å². The predicted molar refractivity (Wildman–Crippen MR) is 14.4 cm³/mol. The number of hydrogen-bond acceptors (Lipinski definition) is 0. The van der Waals surface area contributed by atoms with E-state index in [4.69, 9.17) is 0 Å². The van der Waals surface area contributed by atoms with Gasteiger partial charge in [0, 0.05) is 0 Å². The van der Waals surface area contributed by atoms with Gasteiger partial charge < -0.3 is 0 Å². The average molecular weight is 192 g/mol. The molecule has 0 bridgehead atoms. The van der Waals surface area contributed by atoms with Crippen LogP contribution < -0.4 is 0 Å². The van der Waals surface area contributed by atoms with Crippen molar-refractivity contribution in [2.75, 3.05) is 0 Å². The standard InChI is InChI=1S/3FH.H3P.Ru/h3*1H;1H3;/q;;;;+3/p-3. The zero-order valence-corrected chi connectivity index (χ0v) is 5.35. The van der Waals surface area contributed by atoms with Gasteiger partial charge in [-0.15, -0.1) is 0 Å². The summed E-state index contributed by atoms with van der Waals surface area (Å²) in [6.07, 6.45) is 0. The monoisotopic (exact) mass is 193 g/mol. The predicted octanol–water partition coefficient (Wildman–Crippen LogP) is 1.32. The molecule has 0 aliphatic carbocycles. The third-order valence-electron chi connectivity index (χ3n) is 0. The Labute approximate surface area is 38.0 Å². The molecule has 37 valence electrons. The zero-order valence-electron chi connectivity index (χ0n) is 2.19. The molecule has 1 unspecified atom stereocenters. The molecule has 0 fully saturated rings. The maximum atomic E-state index is 9.81. The van der Waals surface area contributed by atoms with Crippen LogP contribution in [-0.2, 0) is 17.4 Å². The Balaban J connectivity index is 0. The van der Waals surface area contributed by atoms with E-state index in [0.717, 1.165) is 0 Å². The van der Waals surface area contributed by atoms with Crippen molar-refractivity contribution < 1.29 is 27.4 Å². The summed E-state index contributed by atoms with van der Waals surface area (Å²) in [6.45, 7) is 0. The first-order valence-corrected chi connectivity index (χ1v) is 2.37. The van der Waals surface area contributed by atoms with Crippen molar-refractivity contribution in [3.8, 4) is 0 Å². The van der Waals surface area contributed by atoms with Crippen LogP contribution in [0.2, 0.25) is 0 Å². The van der Waals surface area contributed by atoms with E-state index in [9.17, 15) is 9.95 Å². The van der Waals surface area contributed by atoms with E-state index >= 15 is 0 Å². The Morgan fingerprint density at radius 3 is 1.00 bits per heavy atom. The summed E-state index contributed by atoms with van der Waals surface area (Å²) in [6, 6.07) is 0. The van der Waals surface area contributed by atoms with E-state index < -0.39 is 17.4 Å². The maximum absolute atomic E-state index is 9.81. The van der Waals surface area contributed by atoms with Crippen molar-refractivity contribution >= 4 is 9.90 Å². The molecule has 0 aromatic rings. The third kappa shape index (κ3) is 55.1. The van der Waals surface area contributed by atoms with E-state index in [1.165, 1.54) is 0 Å². The SMILES string of the molecule is P.[F][Ru]([F])[F]. The van der Waals surface area contributed by atoms with Gasteiger partial charge in [-0.05, 0) is 0 Å². The number of halogens is 3. The molecule has 5 heavy (non-hydrogen) atoms. The summed E-state index contributed by atoms with van der Waals surface area (Å²) in [7, 11) is 0. The second kappa shape index (κ2) is 4.84. The quantitative estimate of drug-likeness (QED) is 0.401. The van der Waals surface area contributed by atoms with E-state index in [-0.39, 0.29) is 9.90 Å². The van der Waals surface area contributed by atoms with Crippen molar-refractivity contribution in [2.45, 2.75) is 0 Å². The molecule has 5 heteroatoms. The summed E-state index contributed by atoms with van der Waals surface area (Å²) in [5.41, 5.74) is 0. The Hall–Kier alpha value is 0.843. The molecule has 0 N–H and O–H groups in total. The van der Waals surface area contributed by atoms with Gasteiger partial charge in [0.25, 0.3) is 0 Å². The minimum absolute atomic E-state index is 0. The molecular formula is H3F3PRu. The number of hydrogen-bond donors (Lipinski definition) is 0. The first-order valence-electron chi connectivity index (χ1n) is 0.401. The molecule has 0 rings (SSSR count). The van der Waals surface area contributed by atoms with E-state index in [2.05, 4.69) is 0 Å². The fourth-order valence-electron chi connectivity index (χ4n) is 0. The van der Waals surface area contributed by atoms with Gasteiger partial charge in [0.2, 0.25) is 0 Å². The van der Waals surface area contributed by atoms with Crippen LogP contribution in [0.25, 0.3) is 0 Å². The van der Waals surface area contributed by atoms with Crippen molar-refractivity contribution in [1.82, 2.24) is 0 Å². The Kier molecular flexibility index (Phi) is 8.99. The van der Waals surface area contributed by atoms with Crippen molar-refractivity contribution in [3.63, 3.8) is 0 Å². The summed E-state index contributed by atoms with van der Waals surface area (Å²) >= 11 is -4.67. The Morgan fingerprint density at radius 1 is 1.00 bits per heavy atom. The second-order valence-corrected chi connectivity index (χ2v) is 0.896. The fraction of sp³-hybridized carbons (Fsp3) is 0. The zero-order chi connectivity index (χ0) is 3.58. The molecule has 0 aliphatic heterocycles. The van der Waals surface area contributed by atoms with Crippen LogP contribution >= 0.6 is 9.90 Å². The molecule has 0 saturated heterocycles. The molecule has 0 radical (unpaired) electrons. The first-order chi connectivity index (χ1) is 1.73. The summed E-state index contributed by atoms with van der Waals surface area (Å²) in [4.78, 5) is 0. The molecule has 0 aromatic carbocycles. The van der Waals surface area contributed by atoms with Gasteiger partial charge in [-0.25, -0.2) is 0 Å². The third-order valence-corrected chi connectivity index (χ3v) is 0. The van der Waals surface area contributed by atoms with Crippen LogP contribution in [0, 0.1) is 0 Å². The Bertz CT molecular complexity index is 11.6. The van der Waals surface area contributed by atoms with Gasteiger partial charge >= 0.3 is 27.4 Å². The van der Waals surface area contributed by atoms with Crippen LogP contribution in [0.3, 0.4) is 0 Å². The van der Waals surface area contributed by atoms with Crippen LogP contribution in [0.1, 0.15) is 0 Å². The van der Waals surface area contributed by atoms with Crippen LogP contribution in [0.4, 0.5) is 9.95 Å². The van der Waals surface area contributed by atoms with Gasteiger partial charge in [0.1, 0.15) is 0 Å². The molecule has 0 spiro atoms. The van der Waals surface area contributed by atoms with Crippen LogP contribution in [-0.4, -0.2) is 0 Å². The van der Waals surface area contributed by atoms with Crippen LogP contribution in [0.15, 0.2) is 0 Å². The molecule has 0 amide bonds. The van der Waals surface area contributed by atoms with Gasteiger partial charge in [-0.1, -0.05) is 0 Å². The first kappa shape index (κ1) is 9.28. The minimum atomic E-state index is -4.67. The molecule has 0 saturated carbocycles. The average Bonchev–Trinajstić information content (AvgIpc) is 0.811. The summed E-state index contributed by atoms with van der Waals surface area (Å²) < 4.78 is 29.4. The van der Waals surface area contributed by atoms with Crippen molar-refractivity contribution in [3.05, 3.63) is 0 Å². The molecular weight excluding hydrogens is 189 g/mol. The van der Waals surface area contributed by atoms with Gasteiger partial charge in [0.15, 0.2) is 0 Å². The molecule has 0 aromatic heterocycles. The topological polar surface area (TPSA) is 0 Å². The van der Waals surface area contributed by atoms with Crippen LogP contribution in [0.5, 0.6) is 0 Å². The summed E-state index contributed by atoms with van der Waals surface area (Å²) in [5, 5.41) is 0. The number of rotatable bonds is 0. The summed E-state index contributed by atoms with van der Waals surface area (Å²) in [5.74, 6) is 0. The van der Waals surface area contributed by atoms with E-state index in [0.29, 0.717) is 0 Å². The molecule has 1 atom stereocenters. The van der Waals surface area contributed by atoms with Gasteiger partial charge in [0.05, 0.1) is 0 Å². The normalized spacial score (nSPS) is 9.00.